The zero-order valence-electron chi connectivity index (χ0n) is 11.7. The van der Waals surface area contributed by atoms with Gasteiger partial charge in [-0.05, 0) is 40.2 Å². The van der Waals surface area contributed by atoms with E-state index in [0.29, 0.717) is 13.0 Å². The van der Waals surface area contributed by atoms with E-state index in [0.717, 1.165) is 23.3 Å². The molecular formula is C14H21BrN2O2. The highest BCUT2D eigenvalue weighted by Crippen LogP contribution is 2.26. The second kappa shape index (κ2) is 8.17. The van der Waals surface area contributed by atoms with Gasteiger partial charge in [0.15, 0.2) is 0 Å². The summed E-state index contributed by atoms with van der Waals surface area (Å²) in [7, 11) is 3.49. The van der Waals surface area contributed by atoms with Gasteiger partial charge in [0.1, 0.15) is 5.75 Å². The highest BCUT2D eigenvalue weighted by molar-refractivity contribution is 9.10. The van der Waals surface area contributed by atoms with E-state index in [1.807, 2.05) is 18.2 Å². The lowest BCUT2D eigenvalue weighted by atomic mass is 10.2. The smallest absolute Gasteiger partial charge is 0.225 e. The second-order valence-corrected chi connectivity index (χ2v) is 5.29. The van der Waals surface area contributed by atoms with Crippen molar-refractivity contribution >= 4 is 21.8 Å². The van der Waals surface area contributed by atoms with Crippen LogP contribution in [0.3, 0.4) is 0 Å². The van der Waals surface area contributed by atoms with Gasteiger partial charge in [0, 0.05) is 20.6 Å². The Balaban J connectivity index is 2.48. The van der Waals surface area contributed by atoms with E-state index in [4.69, 9.17) is 4.74 Å². The van der Waals surface area contributed by atoms with E-state index < -0.39 is 0 Å². The molecule has 1 rings (SSSR count). The summed E-state index contributed by atoms with van der Waals surface area (Å²) >= 11 is 3.49. The van der Waals surface area contributed by atoms with Crippen molar-refractivity contribution in [3.05, 3.63) is 28.2 Å². The lowest BCUT2D eigenvalue weighted by molar-refractivity contribution is -0.129. The molecule has 1 aromatic rings. The third kappa shape index (κ3) is 5.61. The molecule has 0 aliphatic rings. The quantitative estimate of drug-likeness (QED) is 0.835. The van der Waals surface area contributed by atoms with Gasteiger partial charge in [-0.3, -0.25) is 4.79 Å². The SMILES string of the molecule is CCNCc1ccc(OCCC(=O)N(C)C)c(Br)c1. The van der Waals surface area contributed by atoms with Crippen LogP contribution in [0.4, 0.5) is 0 Å². The normalized spacial score (nSPS) is 10.3. The molecule has 0 radical (unpaired) electrons. The van der Waals surface area contributed by atoms with Crippen LogP contribution in [0.5, 0.6) is 5.75 Å². The molecular weight excluding hydrogens is 308 g/mol. The topological polar surface area (TPSA) is 41.6 Å². The van der Waals surface area contributed by atoms with E-state index in [1.165, 1.54) is 5.56 Å². The highest BCUT2D eigenvalue weighted by Gasteiger charge is 2.06. The Kier molecular flexibility index (Phi) is 6.87. The van der Waals surface area contributed by atoms with Gasteiger partial charge in [0.05, 0.1) is 17.5 Å². The van der Waals surface area contributed by atoms with Gasteiger partial charge in [-0.2, -0.15) is 0 Å². The first-order valence-electron chi connectivity index (χ1n) is 6.36. The lowest BCUT2D eigenvalue weighted by Gasteiger charge is -2.12. The summed E-state index contributed by atoms with van der Waals surface area (Å²) in [5.74, 6) is 0.840. The Bertz CT molecular complexity index is 422. The van der Waals surface area contributed by atoms with Crippen molar-refractivity contribution in [2.24, 2.45) is 0 Å². The van der Waals surface area contributed by atoms with Crippen LogP contribution in [-0.2, 0) is 11.3 Å². The number of amides is 1. The average Bonchev–Trinajstić information content (AvgIpc) is 2.38. The molecule has 0 unspecified atom stereocenters. The van der Waals surface area contributed by atoms with Crippen molar-refractivity contribution in [2.45, 2.75) is 19.9 Å². The minimum Gasteiger partial charge on any atom is -0.492 e. The maximum absolute atomic E-state index is 11.4. The van der Waals surface area contributed by atoms with E-state index in [1.54, 1.807) is 19.0 Å². The van der Waals surface area contributed by atoms with Crippen molar-refractivity contribution < 1.29 is 9.53 Å². The molecule has 4 nitrogen and oxygen atoms in total. The fourth-order valence-electron chi connectivity index (χ4n) is 1.51. The molecule has 0 heterocycles. The fraction of sp³-hybridized carbons (Fsp3) is 0.500. The number of ether oxygens (including phenoxy) is 1. The van der Waals surface area contributed by atoms with Crippen LogP contribution >= 0.6 is 15.9 Å². The average molecular weight is 329 g/mol. The second-order valence-electron chi connectivity index (χ2n) is 4.43. The molecule has 0 saturated heterocycles. The number of benzene rings is 1. The van der Waals surface area contributed by atoms with Gasteiger partial charge in [0.25, 0.3) is 0 Å². The Hall–Kier alpha value is -1.07. The van der Waals surface area contributed by atoms with Gasteiger partial charge >= 0.3 is 0 Å². The first kappa shape index (κ1) is 16.0. The third-order valence-electron chi connectivity index (χ3n) is 2.65. The summed E-state index contributed by atoms with van der Waals surface area (Å²) in [5, 5.41) is 3.27. The summed E-state index contributed by atoms with van der Waals surface area (Å²) in [4.78, 5) is 13.0. The Morgan fingerprint density at radius 2 is 2.16 bits per heavy atom. The van der Waals surface area contributed by atoms with Crippen molar-refractivity contribution in [1.29, 1.82) is 0 Å². The molecule has 1 aromatic carbocycles. The summed E-state index contributed by atoms with van der Waals surface area (Å²) in [6.07, 6.45) is 0.387. The molecule has 19 heavy (non-hydrogen) atoms. The molecule has 1 N–H and O–H groups in total. The van der Waals surface area contributed by atoms with Crippen LogP contribution in [0.15, 0.2) is 22.7 Å². The van der Waals surface area contributed by atoms with Gasteiger partial charge in [-0.15, -0.1) is 0 Å². The third-order valence-corrected chi connectivity index (χ3v) is 3.27. The number of hydrogen-bond acceptors (Lipinski definition) is 3. The molecule has 0 aliphatic carbocycles. The summed E-state index contributed by atoms with van der Waals surface area (Å²) < 4.78 is 6.52. The molecule has 0 fully saturated rings. The molecule has 5 heteroatoms. The number of halogens is 1. The molecule has 106 valence electrons. The standard InChI is InChI=1S/C14H21BrN2O2/c1-4-16-10-11-5-6-13(12(15)9-11)19-8-7-14(18)17(2)3/h5-6,9,16H,4,7-8,10H2,1-3H3. The van der Waals surface area contributed by atoms with Gasteiger partial charge < -0.3 is 15.0 Å². The van der Waals surface area contributed by atoms with Crippen molar-refractivity contribution in [2.75, 3.05) is 27.2 Å². The van der Waals surface area contributed by atoms with E-state index in [9.17, 15) is 4.79 Å². The lowest BCUT2D eigenvalue weighted by Crippen LogP contribution is -2.23. The molecule has 0 atom stereocenters. The maximum Gasteiger partial charge on any atom is 0.225 e. The molecule has 0 aliphatic heterocycles. The van der Waals surface area contributed by atoms with Gasteiger partial charge in [-0.1, -0.05) is 13.0 Å². The van der Waals surface area contributed by atoms with Gasteiger partial charge in [0.2, 0.25) is 5.91 Å². The monoisotopic (exact) mass is 328 g/mol. The molecule has 0 saturated carbocycles. The van der Waals surface area contributed by atoms with Crippen LogP contribution < -0.4 is 10.1 Å². The van der Waals surface area contributed by atoms with E-state index in [2.05, 4.69) is 28.2 Å². The minimum absolute atomic E-state index is 0.0693. The van der Waals surface area contributed by atoms with E-state index in [-0.39, 0.29) is 5.91 Å². The molecule has 1 amide bonds. The Morgan fingerprint density at radius 3 is 2.74 bits per heavy atom. The molecule has 0 aromatic heterocycles. The maximum atomic E-state index is 11.4. The molecule has 0 bridgehead atoms. The zero-order valence-corrected chi connectivity index (χ0v) is 13.3. The van der Waals surface area contributed by atoms with Gasteiger partial charge in [-0.25, -0.2) is 0 Å². The Morgan fingerprint density at radius 1 is 1.42 bits per heavy atom. The predicted octanol–water partition coefficient (Wildman–Crippen LogP) is 2.42. The van der Waals surface area contributed by atoms with Crippen molar-refractivity contribution in [3.8, 4) is 5.75 Å². The van der Waals surface area contributed by atoms with Crippen LogP contribution in [0.25, 0.3) is 0 Å². The predicted molar refractivity (Wildman–Crippen MR) is 80.3 cm³/mol. The summed E-state index contributed by atoms with van der Waals surface area (Å²) in [5.41, 5.74) is 1.20. The zero-order chi connectivity index (χ0) is 14.3. The number of hydrogen-bond donors (Lipinski definition) is 1. The van der Waals surface area contributed by atoms with Crippen molar-refractivity contribution in [3.63, 3.8) is 0 Å². The first-order chi connectivity index (χ1) is 9.04. The minimum atomic E-state index is 0.0693. The number of carbonyl (C=O) groups excluding carboxylic acids is 1. The molecule has 0 spiro atoms. The first-order valence-corrected chi connectivity index (χ1v) is 7.16. The van der Waals surface area contributed by atoms with Crippen LogP contribution in [-0.4, -0.2) is 38.1 Å². The number of carbonyl (C=O) groups is 1. The van der Waals surface area contributed by atoms with E-state index >= 15 is 0 Å². The summed E-state index contributed by atoms with van der Waals surface area (Å²) in [6, 6.07) is 5.99. The van der Waals surface area contributed by atoms with Crippen molar-refractivity contribution in [1.82, 2.24) is 10.2 Å². The fourth-order valence-corrected chi connectivity index (χ4v) is 2.05. The summed E-state index contributed by atoms with van der Waals surface area (Å²) in [6.45, 7) is 4.26. The number of rotatable bonds is 7. The van der Waals surface area contributed by atoms with Crippen LogP contribution in [0.2, 0.25) is 0 Å². The Labute approximate surface area is 123 Å². The number of nitrogens with zero attached hydrogens (tertiary/aromatic N) is 1. The number of nitrogens with one attached hydrogen (secondary N) is 1. The largest absolute Gasteiger partial charge is 0.492 e. The van der Waals surface area contributed by atoms with Crippen LogP contribution in [0.1, 0.15) is 18.9 Å². The van der Waals surface area contributed by atoms with Crippen LogP contribution in [0, 0.1) is 0 Å². The highest BCUT2D eigenvalue weighted by atomic mass is 79.9.